The first kappa shape index (κ1) is 16.4. The summed E-state index contributed by atoms with van der Waals surface area (Å²) in [6.45, 7) is 6.97. The summed E-state index contributed by atoms with van der Waals surface area (Å²) >= 11 is 1.13. The molecule has 0 atom stereocenters. The molecule has 0 bridgehead atoms. The molecule has 0 saturated heterocycles. The predicted octanol–water partition coefficient (Wildman–Crippen LogP) is 0.593. The molecule has 0 unspecified atom stereocenters. The van der Waals surface area contributed by atoms with Crippen LogP contribution in [0, 0.1) is 6.92 Å². The fourth-order valence-electron chi connectivity index (χ4n) is 1.84. The maximum atomic E-state index is 12.1. The Labute approximate surface area is 122 Å². The second-order valence-electron chi connectivity index (χ2n) is 4.41. The topological polar surface area (TPSA) is 71.4 Å². The predicted molar refractivity (Wildman–Crippen MR) is 78.9 cm³/mol. The molecule has 20 heavy (non-hydrogen) atoms. The number of aryl methyl sites for hydroxylation is 1. The lowest BCUT2D eigenvalue weighted by Crippen LogP contribution is -2.41. The highest BCUT2D eigenvalue weighted by Gasteiger charge is 2.15. The fourth-order valence-corrected chi connectivity index (χ4v) is 2.60. The summed E-state index contributed by atoms with van der Waals surface area (Å²) in [4.78, 5) is 36.6. The molecule has 0 saturated carbocycles. The zero-order valence-electron chi connectivity index (χ0n) is 12.1. The Morgan fingerprint density at radius 2 is 2.10 bits per heavy atom. The number of rotatable bonds is 7. The van der Waals surface area contributed by atoms with Crippen molar-refractivity contribution in [2.75, 3.05) is 19.6 Å². The Morgan fingerprint density at radius 1 is 1.40 bits per heavy atom. The second kappa shape index (κ2) is 7.84. The van der Waals surface area contributed by atoms with E-state index in [-0.39, 0.29) is 29.7 Å². The fraction of sp³-hybridized carbons (Fsp3) is 0.615. The van der Waals surface area contributed by atoms with E-state index in [1.54, 1.807) is 9.95 Å². The summed E-state index contributed by atoms with van der Waals surface area (Å²) in [5, 5.41) is 4.44. The lowest BCUT2D eigenvalue weighted by molar-refractivity contribution is -0.136. The molecular weight excluding hydrogens is 278 g/mol. The van der Waals surface area contributed by atoms with Gasteiger partial charge in [-0.25, -0.2) is 0 Å². The number of nitrogens with one attached hydrogen (secondary N) is 1. The average molecular weight is 299 g/mol. The largest absolute Gasteiger partial charge is 0.355 e. The zero-order chi connectivity index (χ0) is 15.1. The molecule has 6 nitrogen and oxygen atoms in total. The van der Waals surface area contributed by atoms with Gasteiger partial charge in [0.25, 0.3) is 0 Å². The molecule has 1 rings (SSSR count). The molecule has 7 heteroatoms. The van der Waals surface area contributed by atoms with Crippen LogP contribution in [0.1, 0.15) is 26.0 Å². The SMILES string of the molecule is CCNC(=O)CN(CC)C(=O)CCn1c(C)csc1=O. The third-order valence-electron chi connectivity index (χ3n) is 2.97. The number of aromatic nitrogens is 1. The monoisotopic (exact) mass is 299 g/mol. The number of nitrogens with zero attached hydrogens (tertiary/aromatic N) is 2. The standard InChI is InChI=1S/C13H21N3O3S/c1-4-14-11(17)8-15(5-2)12(18)6-7-16-10(3)9-20-13(16)19/h9H,4-8H2,1-3H3,(H,14,17). The molecule has 1 aromatic rings. The first-order valence-electron chi connectivity index (χ1n) is 6.69. The van der Waals surface area contributed by atoms with E-state index in [0.29, 0.717) is 19.6 Å². The van der Waals surface area contributed by atoms with Crippen molar-refractivity contribution in [3.05, 3.63) is 20.7 Å². The summed E-state index contributed by atoms with van der Waals surface area (Å²) in [6.07, 6.45) is 0.227. The zero-order valence-corrected chi connectivity index (χ0v) is 13.0. The van der Waals surface area contributed by atoms with Crippen molar-refractivity contribution >= 4 is 23.2 Å². The average Bonchev–Trinajstić information content (AvgIpc) is 2.73. The van der Waals surface area contributed by atoms with Gasteiger partial charge in [-0.15, -0.1) is 0 Å². The highest BCUT2D eigenvalue weighted by molar-refractivity contribution is 7.07. The molecule has 2 amide bonds. The molecule has 0 radical (unpaired) electrons. The molecule has 1 heterocycles. The summed E-state index contributed by atoms with van der Waals surface area (Å²) in [7, 11) is 0. The van der Waals surface area contributed by atoms with Gasteiger partial charge in [0.2, 0.25) is 11.8 Å². The third-order valence-corrected chi connectivity index (χ3v) is 3.85. The van der Waals surface area contributed by atoms with Gasteiger partial charge in [-0.1, -0.05) is 11.3 Å². The van der Waals surface area contributed by atoms with Crippen LogP contribution in [0.15, 0.2) is 10.2 Å². The Morgan fingerprint density at radius 3 is 2.60 bits per heavy atom. The summed E-state index contributed by atoms with van der Waals surface area (Å²) in [5.74, 6) is -0.275. The Kier molecular flexibility index (Phi) is 6.44. The maximum absolute atomic E-state index is 12.1. The van der Waals surface area contributed by atoms with Crippen molar-refractivity contribution in [3.63, 3.8) is 0 Å². The van der Waals surface area contributed by atoms with Crippen LogP contribution in [0.25, 0.3) is 0 Å². The van der Waals surface area contributed by atoms with Gasteiger partial charge in [-0.3, -0.25) is 14.4 Å². The van der Waals surface area contributed by atoms with Gasteiger partial charge in [0, 0.05) is 37.1 Å². The van der Waals surface area contributed by atoms with E-state index in [2.05, 4.69) is 5.32 Å². The van der Waals surface area contributed by atoms with Gasteiger partial charge < -0.3 is 14.8 Å². The summed E-state index contributed by atoms with van der Waals surface area (Å²) in [6, 6.07) is 0. The van der Waals surface area contributed by atoms with E-state index in [4.69, 9.17) is 0 Å². The van der Waals surface area contributed by atoms with Crippen LogP contribution in [-0.4, -0.2) is 40.9 Å². The molecule has 1 aromatic heterocycles. The van der Waals surface area contributed by atoms with E-state index < -0.39 is 0 Å². The van der Waals surface area contributed by atoms with E-state index >= 15 is 0 Å². The smallest absolute Gasteiger partial charge is 0.307 e. The Bertz CT molecular complexity index is 521. The quantitative estimate of drug-likeness (QED) is 0.801. The number of carbonyl (C=O) groups excluding carboxylic acids is 2. The van der Waals surface area contributed by atoms with Crippen LogP contribution in [0.2, 0.25) is 0 Å². The van der Waals surface area contributed by atoms with Crippen LogP contribution >= 0.6 is 11.3 Å². The van der Waals surface area contributed by atoms with Gasteiger partial charge in [0.15, 0.2) is 0 Å². The summed E-state index contributed by atoms with van der Waals surface area (Å²) < 4.78 is 1.59. The van der Waals surface area contributed by atoms with Gasteiger partial charge in [0.1, 0.15) is 0 Å². The lowest BCUT2D eigenvalue weighted by Gasteiger charge is -2.20. The van der Waals surface area contributed by atoms with Crippen LogP contribution in [-0.2, 0) is 16.1 Å². The number of amides is 2. The van der Waals surface area contributed by atoms with Crippen LogP contribution in [0.3, 0.4) is 0 Å². The van der Waals surface area contributed by atoms with Gasteiger partial charge >= 0.3 is 4.87 Å². The van der Waals surface area contributed by atoms with E-state index in [9.17, 15) is 14.4 Å². The second-order valence-corrected chi connectivity index (χ2v) is 5.23. The molecule has 0 fully saturated rings. The molecule has 1 N–H and O–H groups in total. The van der Waals surface area contributed by atoms with Crippen molar-refractivity contribution in [2.45, 2.75) is 33.7 Å². The Balaban J connectivity index is 2.56. The molecule has 0 spiro atoms. The minimum Gasteiger partial charge on any atom is -0.355 e. The number of hydrogen-bond donors (Lipinski definition) is 1. The third kappa shape index (κ3) is 4.48. The molecule has 0 aliphatic heterocycles. The molecular formula is C13H21N3O3S. The molecule has 112 valence electrons. The molecule has 0 aliphatic rings. The number of likely N-dealkylation sites (N-methyl/N-ethyl adjacent to an activating group) is 2. The number of carbonyl (C=O) groups is 2. The van der Waals surface area contributed by atoms with Crippen molar-refractivity contribution in [1.29, 1.82) is 0 Å². The summed E-state index contributed by atoms with van der Waals surface area (Å²) in [5.41, 5.74) is 0.861. The number of thiazole rings is 1. The van der Waals surface area contributed by atoms with Gasteiger partial charge in [-0.05, 0) is 20.8 Å². The van der Waals surface area contributed by atoms with Crippen LogP contribution < -0.4 is 10.2 Å². The van der Waals surface area contributed by atoms with Crippen molar-refractivity contribution < 1.29 is 9.59 Å². The van der Waals surface area contributed by atoms with Gasteiger partial charge in [0.05, 0.1) is 6.54 Å². The minimum absolute atomic E-state index is 0.0536. The van der Waals surface area contributed by atoms with Crippen LogP contribution in [0.5, 0.6) is 0 Å². The van der Waals surface area contributed by atoms with Gasteiger partial charge in [-0.2, -0.15) is 0 Å². The van der Waals surface area contributed by atoms with E-state index in [1.165, 1.54) is 4.90 Å². The lowest BCUT2D eigenvalue weighted by atomic mass is 10.3. The molecule has 0 aliphatic carbocycles. The first-order chi connectivity index (χ1) is 9.49. The Hall–Kier alpha value is -1.63. The molecule has 0 aromatic carbocycles. The first-order valence-corrected chi connectivity index (χ1v) is 7.56. The highest BCUT2D eigenvalue weighted by atomic mass is 32.1. The normalized spacial score (nSPS) is 10.3. The van der Waals surface area contributed by atoms with E-state index in [0.717, 1.165) is 17.0 Å². The number of hydrogen-bond acceptors (Lipinski definition) is 4. The minimum atomic E-state index is -0.161. The van der Waals surface area contributed by atoms with Crippen molar-refractivity contribution in [1.82, 2.24) is 14.8 Å². The van der Waals surface area contributed by atoms with Crippen molar-refractivity contribution in [3.8, 4) is 0 Å². The highest BCUT2D eigenvalue weighted by Crippen LogP contribution is 2.02. The van der Waals surface area contributed by atoms with Crippen LogP contribution in [0.4, 0.5) is 0 Å². The van der Waals surface area contributed by atoms with E-state index in [1.807, 2.05) is 20.8 Å². The maximum Gasteiger partial charge on any atom is 0.307 e. The van der Waals surface area contributed by atoms with Crippen molar-refractivity contribution in [2.24, 2.45) is 0 Å².